The Morgan fingerprint density at radius 1 is 1.33 bits per heavy atom. The Balaban J connectivity index is 2.29. The van der Waals surface area contributed by atoms with Gasteiger partial charge in [-0.25, -0.2) is 0 Å². The van der Waals surface area contributed by atoms with Gasteiger partial charge in [-0.1, -0.05) is 19.3 Å². The molecule has 2 nitrogen and oxygen atoms in total. The van der Waals surface area contributed by atoms with Gasteiger partial charge in [0.15, 0.2) is 0 Å². The van der Waals surface area contributed by atoms with Gasteiger partial charge < -0.3 is 5.32 Å². The predicted octanol–water partition coefficient (Wildman–Crippen LogP) is 2.09. The molecule has 2 heteroatoms. The summed E-state index contributed by atoms with van der Waals surface area (Å²) in [5.74, 6) is 0.829. The molecule has 12 heavy (non-hydrogen) atoms. The number of hydrogen-bond acceptors (Lipinski definition) is 1. The molecule has 0 radical (unpaired) electrons. The van der Waals surface area contributed by atoms with Crippen molar-refractivity contribution in [3.63, 3.8) is 0 Å². The maximum absolute atomic E-state index is 10.8. The fourth-order valence-corrected chi connectivity index (χ4v) is 2.07. The van der Waals surface area contributed by atoms with Crippen molar-refractivity contribution in [3.05, 3.63) is 0 Å². The Bertz CT molecular complexity index is 150. The first-order chi connectivity index (χ1) is 5.70. The van der Waals surface area contributed by atoms with Gasteiger partial charge in [-0.3, -0.25) is 4.79 Å². The highest BCUT2D eigenvalue weighted by molar-refractivity contribution is 5.73. The molecule has 0 aromatic rings. The summed E-state index contributed by atoms with van der Waals surface area (Å²) in [4.78, 5) is 10.8. The van der Waals surface area contributed by atoms with Crippen molar-refractivity contribution < 1.29 is 4.79 Å². The second kappa shape index (κ2) is 4.48. The molecule has 0 unspecified atom stereocenters. The number of nitrogens with one attached hydrogen (secondary N) is 1. The first-order valence-corrected chi connectivity index (χ1v) is 4.97. The van der Waals surface area contributed by atoms with Crippen LogP contribution in [0.25, 0.3) is 0 Å². The first kappa shape index (κ1) is 9.56. The summed E-state index contributed by atoms with van der Waals surface area (Å²) in [5, 5.41) is 2.97. The molecule has 1 fully saturated rings. The third-order valence-electron chi connectivity index (χ3n) is 2.79. The minimum atomic E-state index is 0.105. The number of carbonyl (C=O) groups excluding carboxylic acids is 1. The molecule has 70 valence electrons. The summed E-state index contributed by atoms with van der Waals surface area (Å²) in [5.41, 5.74) is 0. The Kier molecular flexibility index (Phi) is 3.57. The van der Waals surface area contributed by atoms with Crippen LogP contribution in [0.3, 0.4) is 0 Å². The summed E-state index contributed by atoms with van der Waals surface area (Å²) >= 11 is 0. The summed E-state index contributed by atoms with van der Waals surface area (Å²) in [7, 11) is 0. The SMILES string of the molecule is CC(=O)N[C@@H](C)C1CCCCC1. The summed E-state index contributed by atoms with van der Waals surface area (Å²) in [6.45, 7) is 3.72. The van der Waals surface area contributed by atoms with Gasteiger partial charge in [0.25, 0.3) is 0 Å². The highest BCUT2D eigenvalue weighted by Crippen LogP contribution is 2.26. The Morgan fingerprint density at radius 3 is 2.42 bits per heavy atom. The molecule has 0 aromatic carbocycles. The predicted molar refractivity (Wildman–Crippen MR) is 49.9 cm³/mol. The van der Waals surface area contributed by atoms with Crippen molar-refractivity contribution in [2.45, 2.75) is 52.0 Å². The van der Waals surface area contributed by atoms with E-state index in [0.29, 0.717) is 6.04 Å². The van der Waals surface area contributed by atoms with Crippen LogP contribution in [-0.4, -0.2) is 11.9 Å². The molecule has 0 aromatic heterocycles. The quantitative estimate of drug-likeness (QED) is 0.673. The fourth-order valence-electron chi connectivity index (χ4n) is 2.07. The number of amides is 1. The number of hydrogen-bond donors (Lipinski definition) is 1. The maximum Gasteiger partial charge on any atom is 0.217 e. The molecule has 0 bridgehead atoms. The second-order valence-corrected chi connectivity index (χ2v) is 3.89. The molecular formula is C10H19NO. The van der Waals surface area contributed by atoms with Gasteiger partial charge in [-0.05, 0) is 25.7 Å². The Labute approximate surface area is 74.7 Å². The number of rotatable bonds is 2. The van der Waals surface area contributed by atoms with Crippen LogP contribution in [0.2, 0.25) is 0 Å². The van der Waals surface area contributed by atoms with Gasteiger partial charge in [0.2, 0.25) is 5.91 Å². The van der Waals surface area contributed by atoms with Crippen molar-refractivity contribution in [1.82, 2.24) is 5.32 Å². The van der Waals surface area contributed by atoms with E-state index in [9.17, 15) is 4.79 Å². The lowest BCUT2D eigenvalue weighted by Gasteiger charge is -2.27. The van der Waals surface area contributed by atoms with Crippen molar-refractivity contribution in [2.75, 3.05) is 0 Å². The normalized spacial score (nSPS) is 21.8. The van der Waals surface area contributed by atoms with Crippen LogP contribution >= 0.6 is 0 Å². The van der Waals surface area contributed by atoms with Crippen molar-refractivity contribution in [1.29, 1.82) is 0 Å². The molecule has 0 saturated heterocycles. The topological polar surface area (TPSA) is 29.1 Å². The minimum Gasteiger partial charge on any atom is -0.354 e. The van der Waals surface area contributed by atoms with Gasteiger partial charge >= 0.3 is 0 Å². The van der Waals surface area contributed by atoms with Crippen LogP contribution in [0.1, 0.15) is 46.0 Å². The number of carbonyl (C=O) groups is 1. The molecule has 0 heterocycles. The van der Waals surface area contributed by atoms with Gasteiger partial charge in [-0.2, -0.15) is 0 Å². The van der Waals surface area contributed by atoms with E-state index < -0.39 is 0 Å². The van der Waals surface area contributed by atoms with E-state index in [4.69, 9.17) is 0 Å². The Morgan fingerprint density at radius 2 is 1.92 bits per heavy atom. The third-order valence-corrected chi connectivity index (χ3v) is 2.79. The van der Waals surface area contributed by atoms with Crippen LogP contribution in [-0.2, 0) is 4.79 Å². The molecule has 1 saturated carbocycles. The van der Waals surface area contributed by atoms with Crippen molar-refractivity contribution in [2.24, 2.45) is 5.92 Å². The summed E-state index contributed by atoms with van der Waals surface area (Å²) in [6, 6.07) is 0.378. The monoisotopic (exact) mass is 169 g/mol. The largest absolute Gasteiger partial charge is 0.354 e. The lowest BCUT2D eigenvalue weighted by atomic mass is 9.84. The lowest BCUT2D eigenvalue weighted by molar-refractivity contribution is -0.119. The van der Waals surface area contributed by atoms with Crippen molar-refractivity contribution in [3.8, 4) is 0 Å². The molecule has 0 aliphatic heterocycles. The van der Waals surface area contributed by atoms with E-state index in [1.54, 1.807) is 6.92 Å². The zero-order chi connectivity index (χ0) is 8.97. The van der Waals surface area contributed by atoms with Gasteiger partial charge in [0.05, 0.1) is 0 Å². The van der Waals surface area contributed by atoms with Crippen LogP contribution in [0.4, 0.5) is 0 Å². The molecule has 0 spiro atoms. The molecule has 1 atom stereocenters. The van der Waals surface area contributed by atoms with E-state index in [-0.39, 0.29) is 5.91 Å². The molecule has 1 aliphatic carbocycles. The fraction of sp³-hybridized carbons (Fsp3) is 0.900. The van der Waals surface area contributed by atoms with Crippen LogP contribution < -0.4 is 5.32 Å². The summed E-state index contributed by atoms with van der Waals surface area (Å²) < 4.78 is 0. The molecule has 1 N–H and O–H groups in total. The average molecular weight is 169 g/mol. The second-order valence-electron chi connectivity index (χ2n) is 3.89. The van der Waals surface area contributed by atoms with E-state index in [0.717, 1.165) is 5.92 Å². The molecule has 1 aliphatic rings. The van der Waals surface area contributed by atoms with Crippen LogP contribution in [0, 0.1) is 5.92 Å². The molecule has 1 amide bonds. The van der Waals surface area contributed by atoms with Crippen LogP contribution in [0.5, 0.6) is 0 Å². The highest BCUT2D eigenvalue weighted by Gasteiger charge is 2.19. The Hall–Kier alpha value is -0.530. The minimum absolute atomic E-state index is 0.105. The van der Waals surface area contributed by atoms with E-state index in [1.165, 1.54) is 32.1 Å². The molecular weight excluding hydrogens is 150 g/mol. The lowest BCUT2D eigenvalue weighted by Crippen LogP contribution is -2.37. The van der Waals surface area contributed by atoms with Crippen molar-refractivity contribution >= 4 is 5.91 Å². The van der Waals surface area contributed by atoms with E-state index in [2.05, 4.69) is 12.2 Å². The van der Waals surface area contributed by atoms with E-state index in [1.807, 2.05) is 0 Å². The standard InChI is InChI=1S/C10H19NO/c1-8(11-9(2)12)10-6-4-3-5-7-10/h8,10H,3-7H2,1-2H3,(H,11,12)/t8-/m0/s1. The smallest absolute Gasteiger partial charge is 0.217 e. The highest BCUT2D eigenvalue weighted by atomic mass is 16.1. The zero-order valence-electron chi connectivity index (χ0n) is 8.10. The maximum atomic E-state index is 10.8. The third kappa shape index (κ3) is 2.84. The van der Waals surface area contributed by atoms with Gasteiger partial charge in [-0.15, -0.1) is 0 Å². The van der Waals surface area contributed by atoms with Gasteiger partial charge in [0, 0.05) is 13.0 Å². The van der Waals surface area contributed by atoms with Gasteiger partial charge in [0.1, 0.15) is 0 Å². The zero-order valence-corrected chi connectivity index (χ0v) is 8.10. The summed E-state index contributed by atoms with van der Waals surface area (Å²) in [6.07, 6.45) is 6.65. The molecule has 1 rings (SSSR count). The first-order valence-electron chi connectivity index (χ1n) is 4.97. The van der Waals surface area contributed by atoms with Crippen LogP contribution in [0.15, 0.2) is 0 Å². The average Bonchev–Trinajstić information content (AvgIpc) is 2.05. The van der Waals surface area contributed by atoms with E-state index >= 15 is 0 Å².